The van der Waals surface area contributed by atoms with Gasteiger partial charge < -0.3 is 9.84 Å². The van der Waals surface area contributed by atoms with Crippen LogP contribution in [0.3, 0.4) is 0 Å². The number of nitrogens with zero attached hydrogens (tertiary/aromatic N) is 1. The van der Waals surface area contributed by atoms with Crippen molar-refractivity contribution in [3.8, 4) is 6.07 Å². The topological polar surface area (TPSA) is 87.4 Å². The molecule has 22 heavy (non-hydrogen) atoms. The van der Waals surface area contributed by atoms with E-state index in [9.17, 15) is 20.0 Å². The van der Waals surface area contributed by atoms with Crippen molar-refractivity contribution in [2.24, 2.45) is 23.2 Å². The molecule has 2 atom stereocenters. The van der Waals surface area contributed by atoms with E-state index in [0.717, 1.165) is 51.4 Å². The summed E-state index contributed by atoms with van der Waals surface area (Å²) in [4.78, 5) is 24.7. The largest absolute Gasteiger partial charge is 0.481 e. The number of carbonyl (C=O) groups excluding carboxylic acids is 1. The highest BCUT2D eigenvalue weighted by Crippen LogP contribution is 2.51. The predicted molar refractivity (Wildman–Crippen MR) is 79.7 cm³/mol. The normalized spacial score (nSPS) is 23.6. The van der Waals surface area contributed by atoms with Gasteiger partial charge in [-0.2, -0.15) is 5.26 Å². The van der Waals surface area contributed by atoms with Gasteiger partial charge in [0.15, 0.2) is 5.41 Å². The minimum Gasteiger partial charge on any atom is -0.481 e. The molecule has 2 aliphatic rings. The lowest BCUT2D eigenvalue weighted by Crippen LogP contribution is -2.50. The molecule has 0 aromatic rings. The lowest BCUT2D eigenvalue weighted by Gasteiger charge is -2.38. The van der Waals surface area contributed by atoms with E-state index in [1.54, 1.807) is 6.92 Å². The van der Waals surface area contributed by atoms with Gasteiger partial charge in [-0.05, 0) is 44.4 Å². The first-order valence-electron chi connectivity index (χ1n) is 8.39. The van der Waals surface area contributed by atoms with E-state index in [1.807, 2.05) is 0 Å². The number of carbonyl (C=O) groups is 2. The molecular formula is C17H25NO4. The molecule has 1 N–H and O–H groups in total. The summed E-state index contributed by atoms with van der Waals surface area (Å²) >= 11 is 0. The van der Waals surface area contributed by atoms with E-state index >= 15 is 0 Å². The third-order valence-corrected chi connectivity index (χ3v) is 5.43. The van der Waals surface area contributed by atoms with Crippen LogP contribution in [0, 0.1) is 34.5 Å². The zero-order valence-corrected chi connectivity index (χ0v) is 13.2. The standard InChI is InChI=1S/C17H25NO4/c1-2-22-16(21)17(11-18,13-9-5-6-10-13)14(15(19)20)12-7-3-4-8-12/h12-14H,2-10H2,1H3,(H,19,20). The van der Waals surface area contributed by atoms with Gasteiger partial charge in [-0.3, -0.25) is 9.59 Å². The van der Waals surface area contributed by atoms with Gasteiger partial charge in [0.2, 0.25) is 0 Å². The molecule has 0 amide bonds. The lowest BCUT2D eigenvalue weighted by atomic mass is 9.62. The number of carboxylic acids is 1. The van der Waals surface area contributed by atoms with Gasteiger partial charge in [0.1, 0.15) is 0 Å². The summed E-state index contributed by atoms with van der Waals surface area (Å²) in [7, 11) is 0. The van der Waals surface area contributed by atoms with E-state index in [-0.39, 0.29) is 18.4 Å². The molecule has 5 heteroatoms. The summed E-state index contributed by atoms with van der Waals surface area (Å²) in [6, 6.07) is 2.15. The third-order valence-electron chi connectivity index (χ3n) is 5.43. The van der Waals surface area contributed by atoms with E-state index in [4.69, 9.17) is 4.74 Å². The molecule has 0 aromatic carbocycles. The summed E-state index contributed by atoms with van der Waals surface area (Å²) in [5.74, 6) is -2.88. The number of esters is 1. The Morgan fingerprint density at radius 1 is 1.23 bits per heavy atom. The fraction of sp³-hybridized carbons (Fsp3) is 0.824. The van der Waals surface area contributed by atoms with Gasteiger partial charge in [0.25, 0.3) is 0 Å². The van der Waals surface area contributed by atoms with E-state index in [1.165, 1.54) is 0 Å². The van der Waals surface area contributed by atoms with Crippen LogP contribution in [0.5, 0.6) is 0 Å². The van der Waals surface area contributed by atoms with Crippen LogP contribution in [0.2, 0.25) is 0 Å². The minimum atomic E-state index is -1.52. The molecular weight excluding hydrogens is 282 g/mol. The van der Waals surface area contributed by atoms with Gasteiger partial charge >= 0.3 is 11.9 Å². The Morgan fingerprint density at radius 2 is 1.77 bits per heavy atom. The van der Waals surface area contributed by atoms with Crippen molar-refractivity contribution in [1.82, 2.24) is 0 Å². The second-order valence-corrected chi connectivity index (χ2v) is 6.54. The van der Waals surface area contributed by atoms with Crippen LogP contribution in [0.25, 0.3) is 0 Å². The second-order valence-electron chi connectivity index (χ2n) is 6.54. The molecule has 0 bridgehead atoms. The number of aliphatic carboxylic acids is 1. The van der Waals surface area contributed by atoms with Crippen LogP contribution < -0.4 is 0 Å². The van der Waals surface area contributed by atoms with Gasteiger partial charge in [0.05, 0.1) is 18.6 Å². The maximum absolute atomic E-state index is 12.7. The van der Waals surface area contributed by atoms with E-state index < -0.39 is 23.3 Å². The highest BCUT2D eigenvalue weighted by Gasteiger charge is 2.59. The van der Waals surface area contributed by atoms with E-state index in [0.29, 0.717) is 0 Å². The van der Waals surface area contributed by atoms with Gasteiger partial charge in [-0.25, -0.2) is 0 Å². The van der Waals surface area contributed by atoms with Crippen LogP contribution in [0.15, 0.2) is 0 Å². The van der Waals surface area contributed by atoms with Crippen LogP contribution in [0.4, 0.5) is 0 Å². The molecule has 5 nitrogen and oxygen atoms in total. The van der Waals surface area contributed by atoms with Crippen LogP contribution in [-0.2, 0) is 14.3 Å². The Kier molecular flexibility index (Phi) is 5.44. The molecule has 0 spiro atoms. The minimum absolute atomic E-state index is 0.0952. The first-order chi connectivity index (χ1) is 10.6. The first-order valence-corrected chi connectivity index (χ1v) is 8.39. The van der Waals surface area contributed by atoms with Crippen LogP contribution >= 0.6 is 0 Å². The molecule has 2 unspecified atom stereocenters. The molecule has 0 aliphatic heterocycles. The van der Waals surface area contributed by atoms with Crippen LogP contribution in [-0.4, -0.2) is 23.7 Å². The molecule has 2 saturated carbocycles. The number of ether oxygens (including phenoxy) is 1. The Hall–Kier alpha value is -1.57. The summed E-state index contributed by atoms with van der Waals surface area (Å²) in [6.45, 7) is 1.87. The molecule has 0 aromatic heterocycles. The highest BCUT2D eigenvalue weighted by atomic mass is 16.5. The number of carboxylic acid groups (broad SMARTS) is 1. The first kappa shape index (κ1) is 16.8. The zero-order chi connectivity index (χ0) is 16.2. The average Bonchev–Trinajstić information content (AvgIpc) is 3.17. The van der Waals surface area contributed by atoms with Crippen molar-refractivity contribution in [3.05, 3.63) is 0 Å². The molecule has 122 valence electrons. The molecule has 2 aliphatic carbocycles. The lowest BCUT2D eigenvalue weighted by molar-refractivity contribution is -0.169. The zero-order valence-electron chi connectivity index (χ0n) is 13.2. The Morgan fingerprint density at radius 3 is 2.23 bits per heavy atom. The number of hydrogen-bond acceptors (Lipinski definition) is 4. The Balaban J connectivity index is 2.45. The quantitative estimate of drug-likeness (QED) is 0.762. The monoisotopic (exact) mass is 307 g/mol. The maximum Gasteiger partial charge on any atom is 0.327 e. The van der Waals surface area contributed by atoms with Gasteiger partial charge in [-0.1, -0.05) is 25.7 Å². The van der Waals surface area contributed by atoms with Crippen molar-refractivity contribution in [2.45, 2.75) is 58.3 Å². The third kappa shape index (κ3) is 2.84. The van der Waals surface area contributed by atoms with Crippen molar-refractivity contribution in [1.29, 1.82) is 5.26 Å². The summed E-state index contributed by atoms with van der Waals surface area (Å²) < 4.78 is 5.18. The summed E-state index contributed by atoms with van der Waals surface area (Å²) in [5.41, 5.74) is -1.52. The summed E-state index contributed by atoms with van der Waals surface area (Å²) in [6.07, 6.45) is 6.90. The second kappa shape index (κ2) is 7.13. The highest BCUT2D eigenvalue weighted by molar-refractivity contribution is 5.88. The number of rotatable bonds is 6. The Labute approximate surface area is 131 Å². The molecule has 0 heterocycles. The molecule has 2 fully saturated rings. The maximum atomic E-state index is 12.7. The number of hydrogen-bond donors (Lipinski definition) is 1. The SMILES string of the molecule is CCOC(=O)C(C#N)(C1CCCC1)C(C(=O)O)C1CCCC1. The van der Waals surface area contributed by atoms with Gasteiger partial charge in [-0.15, -0.1) is 0 Å². The van der Waals surface area contributed by atoms with Crippen molar-refractivity contribution in [3.63, 3.8) is 0 Å². The molecule has 0 radical (unpaired) electrons. The summed E-state index contributed by atoms with van der Waals surface area (Å²) in [5, 5.41) is 19.7. The predicted octanol–water partition coefficient (Wildman–Crippen LogP) is 3.14. The number of nitriles is 1. The molecule has 2 rings (SSSR count). The van der Waals surface area contributed by atoms with Crippen molar-refractivity contribution >= 4 is 11.9 Å². The van der Waals surface area contributed by atoms with Crippen molar-refractivity contribution < 1.29 is 19.4 Å². The van der Waals surface area contributed by atoms with E-state index in [2.05, 4.69) is 6.07 Å². The fourth-order valence-corrected chi connectivity index (χ4v) is 4.44. The Bertz CT molecular complexity index is 458. The molecule has 0 saturated heterocycles. The average molecular weight is 307 g/mol. The van der Waals surface area contributed by atoms with Crippen LogP contribution in [0.1, 0.15) is 58.3 Å². The smallest absolute Gasteiger partial charge is 0.327 e. The van der Waals surface area contributed by atoms with Gasteiger partial charge in [0, 0.05) is 0 Å². The van der Waals surface area contributed by atoms with Crippen molar-refractivity contribution in [2.75, 3.05) is 6.61 Å². The fourth-order valence-electron chi connectivity index (χ4n) is 4.44.